The Bertz CT molecular complexity index is 1150. The zero-order valence-electron chi connectivity index (χ0n) is 21.4. The molecule has 2 aliphatic rings. The molecule has 196 valence electrons. The Labute approximate surface area is 217 Å². The number of amides is 1. The minimum atomic E-state index is -0.799. The first-order valence-corrected chi connectivity index (χ1v) is 12.7. The second kappa shape index (κ2) is 12.1. The van der Waals surface area contributed by atoms with Crippen molar-refractivity contribution in [2.45, 2.75) is 26.0 Å². The maximum atomic E-state index is 13.7. The second-order valence-electron chi connectivity index (χ2n) is 9.45. The van der Waals surface area contributed by atoms with E-state index < -0.39 is 23.5 Å². The summed E-state index contributed by atoms with van der Waals surface area (Å²) in [5.74, 6) is -0.669. The third-order valence-corrected chi connectivity index (χ3v) is 6.47. The van der Waals surface area contributed by atoms with E-state index in [2.05, 4.69) is 6.58 Å². The summed E-state index contributed by atoms with van der Waals surface area (Å²) in [5.41, 5.74) is 0.943. The Morgan fingerprint density at radius 2 is 1.89 bits per heavy atom. The smallest absolute Gasteiger partial charge is 0.295 e. The predicted molar refractivity (Wildman–Crippen MR) is 137 cm³/mol. The molecule has 0 bridgehead atoms. The normalized spacial score (nSPS) is 19.9. The van der Waals surface area contributed by atoms with Crippen LogP contribution in [-0.4, -0.2) is 68.7 Å². The van der Waals surface area contributed by atoms with E-state index in [4.69, 9.17) is 14.2 Å². The molecule has 8 heteroatoms. The van der Waals surface area contributed by atoms with Crippen molar-refractivity contribution in [3.63, 3.8) is 0 Å². The zero-order valence-corrected chi connectivity index (χ0v) is 21.4. The topological polar surface area (TPSA) is 92.6 Å². The molecular weight excluding hydrogens is 472 g/mol. The highest BCUT2D eigenvalue weighted by Crippen LogP contribution is 2.39. The van der Waals surface area contributed by atoms with Gasteiger partial charge >= 0.3 is 0 Å². The molecule has 0 spiro atoms. The molecule has 2 aromatic carbocycles. The van der Waals surface area contributed by atoms with Crippen molar-refractivity contribution >= 4 is 17.4 Å². The van der Waals surface area contributed by atoms with Gasteiger partial charge in [-0.1, -0.05) is 42.7 Å². The van der Waals surface area contributed by atoms with E-state index in [-0.39, 0.29) is 11.7 Å². The fourth-order valence-electron chi connectivity index (χ4n) is 4.68. The number of likely N-dealkylation sites (tertiary alicyclic amines) is 1. The molecule has 4 rings (SSSR count). The maximum Gasteiger partial charge on any atom is 0.295 e. The van der Waals surface area contributed by atoms with Gasteiger partial charge in [0.1, 0.15) is 31.2 Å². The summed E-state index contributed by atoms with van der Waals surface area (Å²) in [6.45, 7) is 11.9. The molecule has 0 aromatic heterocycles. The molecule has 1 amide bonds. The van der Waals surface area contributed by atoms with Crippen molar-refractivity contribution in [2.75, 3.05) is 46.0 Å². The van der Waals surface area contributed by atoms with Crippen LogP contribution in [0, 0.1) is 0 Å². The lowest BCUT2D eigenvalue weighted by Crippen LogP contribution is -3.14. The molecule has 2 fully saturated rings. The van der Waals surface area contributed by atoms with E-state index >= 15 is 0 Å². The largest absolute Gasteiger partial charge is 0.872 e. The van der Waals surface area contributed by atoms with Crippen molar-refractivity contribution in [3.05, 3.63) is 77.9 Å². The van der Waals surface area contributed by atoms with E-state index in [0.29, 0.717) is 55.5 Å². The fraction of sp³-hybridized carbons (Fsp3) is 0.379. The van der Waals surface area contributed by atoms with Crippen LogP contribution in [-0.2, 0) is 14.3 Å². The molecule has 37 heavy (non-hydrogen) atoms. The van der Waals surface area contributed by atoms with Gasteiger partial charge in [-0.3, -0.25) is 9.59 Å². The van der Waals surface area contributed by atoms with E-state index in [1.807, 2.05) is 19.9 Å². The summed E-state index contributed by atoms with van der Waals surface area (Å²) in [7, 11) is 0. The number of ketones is 1. The number of rotatable bonds is 10. The average molecular weight is 507 g/mol. The van der Waals surface area contributed by atoms with Crippen LogP contribution in [0.15, 0.2) is 66.8 Å². The Morgan fingerprint density at radius 3 is 2.57 bits per heavy atom. The molecule has 1 unspecified atom stereocenters. The average Bonchev–Trinajstić information content (AvgIpc) is 3.16. The van der Waals surface area contributed by atoms with Crippen LogP contribution in [0.25, 0.3) is 5.76 Å². The first-order chi connectivity index (χ1) is 17.9. The molecule has 1 N–H and O–H groups in total. The molecule has 2 aromatic rings. The number of carbonyl (C=O) groups excluding carboxylic acids is 2. The lowest BCUT2D eigenvalue weighted by atomic mass is 9.95. The number of quaternary nitrogens is 1. The summed E-state index contributed by atoms with van der Waals surface area (Å²) in [4.78, 5) is 29.4. The van der Waals surface area contributed by atoms with E-state index in [0.717, 1.165) is 13.1 Å². The van der Waals surface area contributed by atoms with Gasteiger partial charge in [0.15, 0.2) is 0 Å². The number of hydrogen-bond acceptors (Lipinski definition) is 6. The quantitative estimate of drug-likeness (QED) is 0.225. The van der Waals surface area contributed by atoms with Crippen molar-refractivity contribution in [2.24, 2.45) is 0 Å². The summed E-state index contributed by atoms with van der Waals surface area (Å²) in [6.07, 6.45) is 1.63. The van der Waals surface area contributed by atoms with Crippen molar-refractivity contribution in [1.29, 1.82) is 0 Å². The highest BCUT2D eigenvalue weighted by Gasteiger charge is 2.44. The molecule has 2 heterocycles. The van der Waals surface area contributed by atoms with Gasteiger partial charge in [0.05, 0.1) is 38.4 Å². The van der Waals surface area contributed by atoms with Crippen LogP contribution in [0.1, 0.15) is 31.0 Å². The lowest BCUT2D eigenvalue weighted by Gasteiger charge is -2.30. The minimum Gasteiger partial charge on any atom is -0.872 e. The summed E-state index contributed by atoms with van der Waals surface area (Å²) < 4.78 is 16.8. The highest BCUT2D eigenvalue weighted by molar-refractivity contribution is 6.46. The molecule has 0 saturated carbocycles. The molecule has 2 saturated heterocycles. The summed E-state index contributed by atoms with van der Waals surface area (Å²) in [6, 6.07) is 13.1. The number of nitrogens with one attached hydrogen (secondary N) is 1. The monoisotopic (exact) mass is 506 g/mol. The number of morpholine rings is 1. The van der Waals surface area contributed by atoms with Crippen LogP contribution < -0.4 is 19.5 Å². The van der Waals surface area contributed by atoms with Crippen LogP contribution in [0.3, 0.4) is 0 Å². The molecular formula is C29H34N2O6. The fourth-order valence-corrected chi connectivity index (χ4v) is 4.68. The van der Waals surface area contributed by atoms with Crippen LogP contribution in [0.2, 0.25) is 0 Å². The van der Waals surface area contributed by atoms with Gasteiger partial charge in [-0.15, -0.1) is 0 Å². The SMILES string of the molecule is C=CCOc1cccc(C2C(=C([O-])c3ccc(OC(C)C)cc3)C(=O)C(=O)N2CC[NH+]2CCOCC2)c1. The standard InChI is InChI=1S/C29H34N2O6/c1-4-16-36-24-7-5-6-22(19-24)26-25(27(32)21-8-10-23(11-9-21)37-20(2)3)28(33)29(34)31(26)13-12-30-14-17-35-18-15-30/h4-11,19-20,26,32H,1,12-18H2,2-3H3. The van der Waals surface area contributed by atoms with E-state index in [1.54, 1.807) is 48.5 Å². The first-order valence-electron chi connectivity index (χ1n) is 12.7. The summed E-state index contributed by atoms with van der Waals surface area (Å²) >= 11 is 0. The van der Waals surface area contributed by atoms with Gasteiger partial charge in [-0.05, 0) is 49.2 Å². The van der Waals surface area contributed by atoms with Crippen LogP contribution in [0.5, 0.6) is 11.5 Å². The van der Waals surface area contributed by atoms with Crippen LogP contribution >= 0.6 is 0 Å². The maximum absolute atomic E-state index is 13.7. The van der Waals surface area contributed by atoms with Crippen molar-refractivity contribution < 1.29 is 33.8 Å². The Kier molecular flexibility index (Phi) is 8.63. The third-order valence-electron chi connectivity index (χ3n) is 6.47. The highest BCUT2D eigenvalue weighted by atomic mass is 16.5. The number of ether oxygens (including phenoxy) is 3. The first kappa shape index (κ1) is 26.4. The number of hydrogen-bond donors (Lipinski definition) is 1. The number of carbonyl (C=O) groups is 2. The summed E-state index contributed by atoms with van der Waals surface area (Å²) in [5, 5.41) is 13.7. The Balaban J connectivity index is 1.71. The lowest BCUT2D eigenvalue weighted by molar-refractivity contribution is -0.907. The third kappa shape index (κ3) is 6.21. The Hall–Kier alpha value is -3.62. The molecule has 2 aliphatic heterocycles. The van der Waals surface area contributed by atoms with E-state index in [1.165, 1.54) is 9.80 Å². The minimum absolute atomic E-state index is 0.00734. The molecule has 0 aliphatic carbocycles. The number of benzene rings is 2. The van der Waals surface area contributed by atoms with Crippen molar-refractivity contribution in [1.82, 2.24) is 4.90 Å². The van der Waals surface area contributed by atoms with Gasteiger partial charge in [0, 0.05) is 5.57 Å². The second-order valence-corrected chi connectivity index (χ2v) is 9.45. The van der Waals surface area contributed by atoms with Gasteiger partial charge in [-0.2, -0.15) is 0 Å². The number of nitrogens with zero attached hydrogens (tertiary/aromatic N) is 1. The molecule has 8 nitrogen and oxygen atoms in total. The van der Waals surface area contributed by atoms with Gasteiger partial charge < -0.3 is 29.1 Å². The molecule has 0 radical (unpaired) electrons. The molecule has 1 atom stereocenters. The van der Waals surface area contributed by atoms with Crippen LogP contribution in [0.4, 0.5) is 0 Å². The number of Topliss-reactive ketones (excluding diaryl/α,β-unsaturated/α-hetero) is 1. The van der Waals surface area contributed by atoms with Crippen molar-refractivity contribution in [3.8, 4) is 11.5 Å². The zero-order chi connectivity index (χ0) is 26.4. The van der Waals surface area contributed by atoms with Gasteiger partial charge in [0.25, 0.3) is 5.91 Å². The predicted octanol–water partition coefficient (Wildman–Crippen LogP) is 1.18. The Morgan fingerprint density at radius 1 is 1.16 bits per heavy atom. The van der Waals surface area contributed by atoms with E-state index in [9.17, 15) is 14.7 Å². The van der Waals surface area contributed by atoms with Gasteiger partial charge in [-0.25, -0.2) is 0 Å². The van der Waals surface area contributed by atoms with Gasteiger partial charge in [0.2, 0.25) is 5.78 Å².